The SMILES string of the molecule is COc1ccc(C(=O)NNS(=O)(=O)c2ccc(OC)c(OC)c2)cc1OC. The Balaban J connectivity index is 2.16. The fourth-order valence-electron chi connectivity index (χ4n) is 2.21. The van der Waals surface area contributed by atoms with E-state index in [1.165, 1.54) is 64.8 Å². The number of amides is 1. The molecule has 0 aromatic heterocycles. The molecule has 0 saturated carbocycles. The van der Waals surface area contributed by atoms with Gasteiger partial charge in [-0.1, -0.05) is 0 Å². The van der Waals surface area contributed by atoms with Gasteiger partial charge in [-0.2, -0.15) is 0 Å². The zero-order valence-corrected chi connectivity index (χ0v) is 16.0. The highest BCUT2D eigenvalue weighted by Crippen LogP contribution is 2.29. The van der Waals surface area contributed by atoms with E-state index in [2.05, 4.69) is 5.43 Å². The van der Waals surface area contributed by atoms with Crippen LogP contribution in [-0.4, -0.2) is 42.8 Å². The Kier molecular flexibility index (Phi) is 6.48. The Morgan fingerprint density at radius 1 is 0.778 bits per heavy atom. The van der Waals surface area contributed by atoms with Crippen molar-refractivity contribution in [2.45, 2.75) is 4.90 Å². The maximum absolute atomic E-state index is 12.4. The van der Waals surface area contributed by atoms with Gasteiger partial charge in [0.2, 0.25) is 0 Å². The highest BCUT2D eigenvalue weighted by atomic mass is 32.2. The Morgan fingerprint density at radius 3 is 1.85 bits per heavy atom. The second-order valence-corrected chi connectivity index (χ2v) is 6.83. The number of benzene rings is 2. The molecule has 2 aromatic carbocycles. The lowest BCUT2D eigenvalue weighted by Gasteiger charge is -2.12. The van der Waals surface area contributed by atoms with E-state index in [-0.39, 0.29) is 16.2 Å². The second-order valence-electron chi connectivity index (χ2n) is 5.15. The van der Waals surface area contributed by atoms with Gasteiger partial charge in [-0.25, -0.2) is 8.42 Å². The quantitative estimate of drug-likeness (QED) is 0.648. The van der Waals surface area contributed by atoms with E-state index < -0.39 is 15.9 Å². The molecule has 0 atom stereocenters. The van der Waals surface area contributed by atoms with Gasteiger partial charge in [0.05, 0.1) is 33.3 Å². The Labute approximate surface area is 157 Å². The molecule has 2 rings (SSSR count). The number of sulfonamides is 1. The van der Waals surface area contributed by atoms with Crippen LogP contribution in [0, 0.1) is 0 Å². The minimum atomic E-state index is -4.02. The zero-order chi connectivity index (χ0) is 20.0. The van der Waals surface area contributed by atoms with Crippen molar-refractivity contribution in [3.8, 4) is 23.0 Å². The van der Waals surface area contributed by atoms with Crippen molar-refractivity contribution in [2.75, 3.05) is 28.4 Å². The van der Waals surface area contributed by atoms with Crippen LogP contribution in [0.5, 0.6) is 23.0 Å². The maximum atomic E-state index is 12.4. The standard InChI is InChI=1S/C17H20N2O7S/c1-23-13-7-5-11(9-15(13)25-3)17(20)18-19-27(21,22)12-6-8-14(24-2)16(10-12)26-4/h5-10,19H,1-4H3,(H,18,20). The molecule has 0 radical (unpaired) electrons. The van der Waals surface area contributed by atoms with Crippen LogP contribution in [0.2, 0.25) is 0 Å². The number of carbonyl (C=O) groups is 1. The summed E-state index contributed by atoms with van der Waals surface area (Å²) in [6, 6.07) is 8.50. The largest absolute Gasteiger partial charge is 0.493 e. The van der Waals surface area contributed by atoms with E-state index in [9.17, 15) is 13.2 Å². The normalized spacial score (nSPS) is 10.8. The summed E-state index contributed by atoms with van der Waals surface area (Å²) in [5.74, 6) is 0.741. The van der Waals surface area contributed by atoms with Gasteiger partial charge in [0.1, 0.15) is 0 Å². The van der Waals surface area contributed by atoms with Gasteiger partial charge in [0.25, 0.3) is 15.9 Å². The minimum absolute atomic E-state index is 0.104. The van der Waals surface area contributed by atoms with Crippen molar-refractivity contribution in [3.05, 3.63) is 42.0 Å². The molecule has 0 aliphatic rings. The van der Waals surface area contributed by atoms with Gasteiger partial charge in [-0.05, 0) is 30.3 Å². The molecule has 0 heterocycles. The third kappa shape index (κ3) is 4.60. The number of hydrazine groups is 1. The molecule has 9 nitrogen and oxygen atoms in total. The van der Waals surface area contributed by atoms with Crippen molar-refractivity contribution in [3.63, 3.8) is 0 Å². The predicted octanol–water partition coefficient (Wildman–Crippen LogP) is 1.34. The first-order valence-electron chi connectivity index (χ1n) is 7.62. The monoisotopic (exact) mass is 396 g/mol. The van der Waals surface area contributed by atoms with Crippen LogP contribution in [0.1, 0.15) is 10.4 Å². The minimum Gasteiger partial charge on any atom is -0.493 e. The highest BCUT2D eigenvalue weighted by molar-refractivity contribution is 7.89. The van der Waals surface area contributed by atoms with Gasteiger partial charge in [-0.3, -0.25) is 10.2 Å². The molecule has 27 heavy (non-hydrogen) atoms. The van der Waals surface area contributed by atoms with Crippen molar-refractivity contribution in [1.29, 1.82) is 0 Å². The first-order chi connectivity index (χ1) is 12.9. The van der Waals surface area contributed by atoms with Crippen LogP contribution in [0.25, 0.3) is 0 Å². The predicted molar refractivity (Wildman–Crippen MR) is 96.9 cm³/mol. The Hall–Kier alpha value is -2.98. The number of rotatable bonds is 8. The first kappa shape index (κ1) is 20.3. The van der Waals surface area contributed by atoms with Crippen molar-refractivity contribution in [2.24, 2.45) is 0 Å². The third-order valence-corrected chi connectivity index (χ3v) is 4.86. The van der Waals surface area contributed by atoms with Gasteiger partial charge >= 0.3 is 0 Å². The number of ether oxygens (including phenoxy) is 4. The van der Waals surface area contributed by atoms with Crippen molar-refractivity contribution in [1.82, 2.24) is 10.3 Å². The maximum Gasteiger partial charge on any atom is 0.266 e. The van der Waals surface area contributed by atoms with Gasteiger partial charge in [-0.15, -0.1) is 4.83 Å². The number of methoxy groups -OCH3 is 4. The number of nitrogens with one attached hydrogen (secondary N) is 2. The summed E-state index contributed by atoms with van der Waals surface area (Å²) in [5.41, 5.74) is 2.33. The van der Waals surface area contributed by atoms with E-state index in [1.807, 2.05) is 4.83 Å². The van der Waals surface area contributed by atoms with Crippen molar-refractivity contribution >= 4 is 15.9 Å². The van der Waals surface area contributed by atoms with E-state index >= 15 is 0 Å². The molecule has 0 spiro atoms. The zero-order valence-electron chi connectivity index (χ0n) is 15.2. The summed E-state index contributed by atoms with van der Waals surface area (Å²) < 4.78 is 45.2. The lowest BCUT2D eigenvalue weighted by Crippen LogP contribution is -2.41. The fourth-order valence-corrected chi connectivity index (χ4v) is 3.06. The lowest BCUT2D eigenvalue weighted by molar-refractivity contribution is 0.0944. The lowest BCUT2D eigenvalue weighted by atomic mass is 10.2. The molecular weight excluding hydrogens is 376 g/mol. The van der Waals surface area contributed by atoms with Crippen LogP contribution in [0.3, 0.4) is 0 Å². The molecule has 0 saturated heterocycles. The average Bonchev–Trinajstić information content (AvgIpc) is 2.70. The topological polar surface area (TPSA) is 112 Å². The first-order valence-corrected chi connectivity index (χ1v) is 9.10. The summed E-state index contributed by atoms with van der Waals surface area (Å²) in [4.78, 5) is 14.2. The molecule has 0 aliphatic carbocycles. The van der Waals surface area contributed by atoms with Gasteiger partial charge in [0, 0.05) is 11.6 Å². The average molecular weight is 396 g/mol. The van der Waals surface area contributed by atoms with Crippen LogP contribution in [0.4, 0.5) is 0 Å². The van der Waals surface area contributed by atoms with E-state index in [0.717, 1.165) is 0 Å². The summed E-state index contributed by atoms with van der Waals surface area (Å²) in [6.07, 6.45) is 0. The molecule has 2 N–H and O–H groups in total. The van der Waals surface area contributed by atoms with Crippen LogP contribution >= 0.6 is 0 Å². The van der Waals surface area contributed by atoms with Gasteiger partial charge < -0.3 is 18.9 Å². The molecule has 0 fully saturated rings. The van der Waals surface area contributed by atoms with Crippen LogP contribution in [-0.2, 0) is 10.0 Å². The van der Waals surface area contributed by atoms with Crippen LogP contribution < -0.4 is 29.2 Å². The molecule has 0 unspecified atom stereocenters. The molecule has 146 valence electrons. The second kappa shape index (κ2) is 8.60. The van der Waals surface area contributed by atoms with Crippen LogP contribution in [0.15, 0.2) is 41.3 Å². The molecule has 0 bridgehead atoms. The molecule has 2 aromatic rings. The summed E-state index contributed by atoms with van der Waals surface area (Å²) >= 11 is 0. The summed E-state index contributed by atoms with van der Waals surface area (Å²) in [7, 11) is 1.70. The molecular formula is C17H20N2O7S. The summed E-state index contributed by atoms with van der Waals surface area (Å²) in [6.45, 7) is 0. The van der Waals surface area contributed by atoms with Crippen molar-refractivity contribution < 1.29 is 32.2 Å². The molecule has 10 heteroatoms. The molecule has 1 amide bonds. The van der Waals surface area contributed by atoms with E-state index in [0.29, 0.717) is 17.2 Å². The van der Waals surface area contributed by atoms with Gasteiger partial charge in [0.15, 0.2) is 23.0 Å². The Bertz CT molecular complexity index is 929. The Morgan fingerprint density at radius 2 is 1.30 bits per heavy atom. The van der Waals surface area contributed by atoms with E-state index in [1.54, 1.807) is 0 Å². The smallest absolute Gasteiger partial charge is 0.266 e. The third-order valence-electron chi connectivity index (χ3n) is 3.61. The van der Waals surface area contributed by atoms with E-state index in [4.69, 9.17) is 18.9 Å². The number of hydrogen-bond donors (Lipinski definition) is 2. The number of carbonyl (C=O) groups excluding carboxylic acids is 1. The molecule has 0 aliphatic heterocycles. The number of hydrogen-bond acceptors (Lipinski definition) is 7. The summed E-state index contributed by atoms with van der Waals surface area (Å²) in [5, 5.41) is 0. The highest BCUT2D eigenvalue weighted by Gasteiger charge is 2.19. The fraction of sp³-hybridized carbons (Fsp3) is 0.235.